The summed E-state index contributed by atoms with van der Waals surface area (Å²) in [5.41, 5.74) is 1.64. The molecule has 0 aromatic carbocycles. The van der Waals surface area contributed by atoms with Gasteiger partial charge in [0.2, 0.25) is 0 Å². The van der Waals surface area contributed by atoms with Crippen LogP contribution >= 0.6 is 11.3 Å². The molecule has 0 amide bonds. The first-order valence-electron chi connectivity index (χ1n) is 8.33. The zero-order valence-corrected chi connectivity index (χ0v) is 13.9. The molecule has 112 valence electrons. The Hall–Kier alpha value is -0.600. The van der Waals surface area contributed by atoms with Crippen molar-refractivity contribution in [2.75, 3.05) is 13.1 Å². The van der Waals surface area contributed by atoms with Crippen molar-refractivity contribution in [1.29, 1.82) is 0 Å². The molecule has 2 rings (SSSR count). The number of thiophene rings is 1. The summed E-state index contributed by atoms with van der Waals surface area (Å²) in [5.74, 6) is 0.820. The van der Waals surface area contributed by atoms with E-state index < -0.39 is 0 Å². The van der Waals surface area contributed by atoms with Gasteiger partial charge in [-0.15, -0.1) is 11.3 Å². The first kappa shape index (κ1) is 15.8. The summed E-state index contributed by atoms with van der Waals surface area (Å²) in [7, 11) is 0. The van der Waals surface area contributed by atoms with Gasteiger partial charge < -0.3 is 5.32 Å². The lowest BCUT2D eigenvalue weighted by Gasteiger charge is -2.25. The van der Waals surface area contributed by atoms with E-state index in [2.05, 4.69) is 37.4 Å². The molecule has 1 saturated carbocycles. The van der Waals surface area contributed by atoms with Gasteiger partial charge in [0.05, 0.1) is 0 Å². The van der Waals surface area contributed by atoms with Crippen molar-refractivity contribution in [1.82, 2.24) is 5.32 Å². The van der Waals surface area contributed by atoms with Gasteiger partial charge in [0.25, 0.3) is 0 Å². The summed E-state index contributed by atoms with van der Waals surface area (Å²) in [5, 5.41) is 3.61. The van der Waals surface area contributed by atoms with Gasteiger partial charge in [-0.25, -0.2) is 0 Å². The molecule has 0 spiro atoms. The molecule has 0 aliphatic heterocycles. The SMILES string of the molecule is CCCNC/C(=C/c1ccc(CC)s1)C1CCCCC1. The first-order valence-corrected chi connectivity index (χ1v) is 9.15. The van der Waals surface area contributed by atoms with Crippen LogP contribution in [0.3, 0.4) is 0 Å². The second-order valence-corrected chi connectivity index (χ2v) is 7.09. The Bertz CT molecular complexity index is 413. The molecule has 20 heavy (non-hydrogen) atoms. The number of aryl methyl sites for hydroxylation is 1. The van der Waals surface area contributed by atoms with Crippen molar-refractivity contribution in [3.63, 3.8) is 0 Å². The van der Waals surface area contributed by atoms with E-state index in [-0.39, 0.29) is 0 Å². The van der Waals surface area contributed by atoms with Crippen LogP contribution in [-0.4, -0.2) is 13.1 Å². The molecule has 1 nitrogen and oxygen atoms in total. The third-order valence-corrected chi connectivity index (χ3v) is 5.42. The lowest BCUT2D eigenvalue weighted by molar-refractivity contribution is 0.397. The molecule has 1 aromatic rings. The summed E-state index contributed by atoms with van der Waals surface area (Å²) < 4.78 is 0. The van der Waals surface area contributed by atoms with Crippen molar-refractivity contribution >= 4 is 17.4 Å². The highest BCUT2D eigenvalue weighted by Gasteiger charge is 2.17. The van der Waals surface area contributed by atoms with Gasteiger partial charge in [-0.2, -0.15) is 0 Å². The number of nitrogens with one attached hydrogen (secondary N) is 1. The zero-order valence-electron chi connectivity index (χ0n) is 13.1. The highest BCUT2D eigenvalue weighted by Crippen LogP contribution is 2.31. The monoisotopic (exact) mass is 291 g/mol. The third-order valence-electron chi connectivity index (χ3n) is 4.24. The lowest BCUT2D eigenvalue weighted by atomic mass is 9.83. The minimum absolute atomic E-state index is 0.820. The maximum absolute atomic E-state index is 3.61. The summed E-state index contributed by atoms with van der Waals surface area (Å²) in [6, 6.07) is 4.58. The van der Waals surface area contributed by atoms with Crippen LogP contribution in [0.5, 0.6) is 0 Å². The van der Waals surface area contributed by atoms with Gasteiger partial charge in [0.1, 0.15) is 0 Å². The van der Waals surface area contributed by atoms with Gasteiger partial charge in [-0.3, -0.25) is 0 Å². The second kappa shape index (κ2) is 8.63. The largest absolute Gasteiger partial charge is 0.313 e. The highest BCUT2D eigenvalue weighted by molar-refractivity contribution is 7.12. The Kier molecular flexibility index (Phi) is 6.81. The number of rotatable bonds is 7. The average molecular weight is 292 g/mol. The second-order valence-electron chi connectivity index (χ2n) is 5.89. The lowest BCUT2D eigenvalue weighted by Crippen LogP contribution is -2.22. The molecule has 0 atom stereocenters. The summed E-state index contributed by atoms with van der Waals surface area (Å²) in [6.07, 6.45) is 11.9. The van der Waals surface area contributed by atoms with Gasteiger partial charge in [-0.1, -0.05) is 38.7 Å². The van der Waals surface area contributed by atoms with E-state index in [1.54, 1.807) is 5.57 Å². The minimum atomic E-state index is 0.820. The fraction of sp³-hybridized carbons (Fsp3) is 0.667. The van der Waals surface area contributed by atoms with Crippen molar-refractivity contribution in [2.45, 2.75) is 58.8 Å². The number of hydrogen-bond acceptors (Lipinski definition) is 2. The van der Waals surface area contributed by atoms with E-state index in [0.717, 1.165) is 25.4 Å². The topological polar surface area (TPSA) is 12.0 Å². The standard InChI is InChI=1S/C18H29NS/c1-3-12-19-14-16(15-8-6-5-7-9-15)13-18-11-10-17(4-2)20-18/h10-11,13,15,19H,3-9,12,14H2,1-2H3/b16-13-. The van der Waals surface area contributed by atoms with E-state index in [1.165, 1.54) is 48.3 Å². The van der Waals surface area contributed by atoms with Crippen LogP contribution in [0.15, 0.2) is 17.7 Å². The van der Waals surface area contributed by atoms with Gasteiger partial charge in [0, 0.05) is 16.3 Å². The highest BCUT2D eigenvalue weighted by atomic mass is 32.1. The molecule has 1 heterocycles. The Morgan fingerprint density at radius 2 is 2.05 bits per heavy atom. The molecule has 1 fully saturated rings. The third kappa shape index (κ3) is 4.75. The van der Waals surface area contributed by atoms with E-state index in [1.807, 2.05) is 11.3 Å². The molecule has 1 aliphatic carbocycles. The van der Waals surface area contributed by atoms with Crippen molar-refractivity contribution in [3.05, 3.63) is 27.5 Å². The maximum atomic E-state index is 3.61. The summed E-state index contributed by atoms with van der Waals surface area (Å²) >= 11 is 1.96. The fourth-order valence-corrected chi connectivity index (χ4v) is 3.97. The van der Waals surface area contributed by atoms with Crippen LogP contribution in [0.4, 0.5) is 0 Å². The van der Waals surface area contributed by atoms with Crippen molar-refractivity contribution in [2.24, 2.45) is 5.92 Å². The van der Waals surface area contributed by atoms with Crippen LogP contribution in [0.1, 0.15) is 62.1 Å². The Morgan fingerprint density at radius 1 is 1.25 bits per heavy atom. The van der Waals surface area contributed by atoms with Crippen LogP contribution < -0.4 is 5.32 Å². The van der Waals surface area contributed by atoms with Crippen LogP contribution in [0, 0.1) is 5.92 Å². The Morgan fingerprint density at radius 3 is 2.70 bits per heavy atom. The number of hydrogen-bond donors (Lipinski definition) is 1. The molecule has 1 aromatic heterocycles. The summed E-state index contributed by atoms with van der Waals surface area (Å²) in [6.45, 7) is 6.69. The molecule has 1 aliphatic rings. The molecule has 0 bridgehead atoms. The first-order chi connectivity index (χ1) is 9.83. The molecular weight excluding hydrogens is 262 g/mol. The Labute approximate surface area is 128 Å². The summed E-state index contributed by atoms with van der Waals surface area (Å²) in [4.78, 5) is 2.95. The van der Waals surface area contributed by atoms with Crippen LogP contribution in [0.25, 0.3) is 6.08 Å². The molecule has 0 radical (unpaired) electrons. The molecular formula is C18H29NS. The molecule has 0 saturated heterocycles. The Balaban J connectivity index is 2.06. The van der Waals surface area contributed by atoms with Crippen molar-refractivity contribution < 1.29 is 0 Å². The molecule has 0 unspecified atom stereocenters. The molecule has 1 N–H and O–H groups in total. The average Bonchev–Trinajstić information content (AvgIpc) is 2.95. The zero-order chi connectivity index (χ0) is 14.2. The fourth-order valence-electron chi connectivity index (χ4n) is 3.04. The maximum Gasteiger partial charge on any atom is 0.0273 e. The van der Waals surface area contributed by atoms with E-state index >= 15 is 0 Å². The van der Waals surface area contributed by atoms with E-state index in [0.29, 0.717) is 0 Å². The molecule has 2 heteroatoms. The van der Waals surface area contributed by atoms with E-state index in [4.69, 9.17) is 0 Å². The smallest absolute Gasteiger partial charge is 0.0273 e. The van der Waals surface area contributed by atoms with Gasteiger partial charge >= 0.3 is 0 Å². The van der Waals surface area contributed by atoms with Crippen molar-refractivity contribution in [3.8, 4) is 0 Å². The van der Waals surface area contributed by atoms with Gasteiger partial charge in [0.15, 0.2) is 0 Å². The van der Waals surface area contributed by atoms with Crippen LogP contribution in [0.2, 0.25) is 0 Å². The normalized spacial score (nSPS) is 17.6. The predicted octanol–water partition coefficient (Wildman–Crippen LogP) is 5.27. The predicted molar refractivity (Wildman–Crippen MR) is 91.4 cm³/mol. The van der Waals surface area contributed by atoms with E-state index in [9.17, 15) is 0 Å². The minimum Gasteiger partial charge on any atom is -0.313 e. The quantitative estimate of drug-likeness (QED) is 0.674. The van der Waals surface area contributed by atoms with Crippen LogP contribution in [-0.2, 0) is 6.42 Å². The van der Waals surface area contributed by atoms with Gasteiger partial charge in [-0.05, 0) is 56.4 Å².